The molecule has 1 N–H and O–H groups in total. The summed E-state index contributed by atoms with van der Waals surface area (Å²) in [6.45, 7) is 6.78. The first-order valence-electron chi connectivity index (χ1n) is 7.23. The van der Waals surface area contributed by atoms with Crippen molar-refractivity contribution in [3.63, 3.8) is 0 Å². The van der Waals surface area contributed by atoms with Gasteiger partial charge in [-0.1, -0.05) is 12.1 Å². The monoisotopic (exact) mass is 301 g/mol. The molecular formula is C15H22F3N3. The Morgan fingerprint density at radius 2 is 1.76 bits per heavy atom. The maximum absolute atomic E-state index is 12.5. The van der Waals surface area contributed by atoms with Gasteiger partial charge in [0, 0.05) is 45.8 Å². The van der Waals surface area contributed by atoms with Gasteiger partial charge in [0.15, 0.2) is 0 Å². The van der Waals surface area contributed by atoms with E-state index in [-0.39, 0.29) is 0 Å². The van der Waals surface area contributed by atoms with E-state index in [0.29, 0.717) is 6.54 Å². The van der Waals surface area contributed by atoms with Crippen molar-refractivity contribution in [3.8, 4) is 0 Å². The number of likely N-dealkylation sites (N-methyl/N-ethyl adjacent to an activating group) is 1. The van der Waals surface area contributed by atoms with Crippen molar-refractivity contribution in [3.05, 3.63) is 35.4 Å². The van der Waals surface area contributed by atoms with E-state index in [0.717, 1.165) is 57.0 Å². The standard InChI is InChI=1S/C15H22F3N3/c1-20(10-11-21-8-6-19-7-9-21)12-13-2-4-14(5-3-13)15(16,17)18/h2-5,19H,6-12H2,1H3. The molecule has 2 rings (SSSR count). The van der Waals surface area contributed by atoms with E-state index in [9.17, 15) is 13.2 Å². The molecule has 1 aromatic rings. The van der Waals surface area contributed by atoms with E-state index in [1.54, 1.807) is 12.1 Å². The number of benzene rings is 1. The van der Waals surface area contributed by atoms with Crippen molar-refractivity contribution in [2.45, 2.75) is 12.7 Å². The fraction of sp³-hybridized carbons (Fsp3) is 0.600. The van der Waals surface area contributed by atoms with Crippen LogP contribution in [0.1, 0.15) is 11.1 Å². The van der Waals surface area contributed by atoms with Gasteiger partial charge >= 0.3 is 6.18 Å². The lowest BCUT2D eigenvalue weighted by atomic mass is 10.1. The van der Waals surface area contributed by atoms with Crippen LogP contribution in [0.4, 0.5) is 13.2 Å². The van der Waals surface area contributed by atoms with Crippen LogP contribution < -0.4 is 5.32 Å². The van der Waals surface area contributed by atoms with Gasteiger partial charge in [-0.25, -0.2) is 0 Å². The van der Waals surface area contributed by atoms with Crippen molar-refractivity contribution in [2.75, 3.05) is 46.3 Å². The molecule has 0 radical (unpaired) electrons. The Labute approximate surface area is 123 Å². The summed E-state index contributed by atoms with van der Waals surface area (Å²) in [5, 5.41) is 3.31. The number of hydrogen-bond acceptors (Lipinski definition) is 3. The van der Waals surface area contributed by atoms with Gasteiger partial charge in [-0.3, -0.25) is 4.90 Å². The third kappa shape index (κ3) is 5.30. The summed E-state index contributed by atoms with van der Waals surface area (Å²) >= 11 is 0. The molecule has 0 saturated carbocycles. The first-order chi connectivity index (χ1) is 9.95. The second-order valence-corrected chi connectivity index (χ2v) is 5.52. The van der Waals surface area contributed by atoms with E-state index in [4.69, 9.17) is 0 Å². The highest BCUT2D eigenvalue weighted by Crippen LogP contribution is 2.29. The molecule has 0 aromatic heterocycles. The smallest absolute Gasteiger partial charge is 0.314 e. The highest BCUT2D eigenvalue weighted by Gasteiger charge is 2.29. The molecule has 1 saturated heterocycles. The molecule has 1 aromatic carbocycles. The highest BCUT2D eigenvalue weighted by atomic mass is 19.4. The van der Waals surface area contributed by atoms with Gasteiger partial charge in [0.1, 0.15) is 0 Å². The second-order valence-electron chi connectivity index (χ2n) is 5.52. The summed E-state index contributed by atoms with van der Waals surface area (Å²) in [5.41, 5.74) is 0.320. The Kier molecular flexibility index (Phi) is 5.61. The van der Waals surface area contributed by atoms with E-state index >= 15 is 0 Å². The number of piperazine rings is 1. The van der Waals surface area contributed by atoms with Gasteiger partial charge in [-0.05, 0) is 24.7 Å². The fourth-order valence-corrected chi connectivity index (χ4v) is 2.44. The molecule has 6 heteroatoms. The number of rotatable bonds is 5. The molecule has 1 aliphatic heterocycles. The predicted octanol–water partition coefficient (Wildman–Crippen LogP) is 2.04. The molecule has 0 bridgehead atoms. The lowest BCUT2D eigenvalue weighted by Crippen LogP contribution is -2.45. The third-order valence-electron chi connectivity index (χ3n) is 3.74. The van der Waals surface area contributed by atoms with Gasteiger partial charge in [-0.15, -0.1) is 0 Å². The lowest BCUT2D eigenvalue weighted by Gasteiger charge is -2.29. The minimum absolute atomic E-state index is 0.588. The summed E-state index contributed by atoms with van der Waals surface area (Å²) in [6, 6.07) is 5.42. The zero-order valence-electron chi connectivity index (χ0n) is 12.3. The van der Waals surface area contributed by atoms with Gasteiger partial charge < -0.3 is 10.2 Å². The van der Waals surface area contributed by atoms with Gasteiger partial charge in [0.2, 0.25) is 0 Å². The number of nitrogens with zero attached hydrogens (tertiary/aromatic N) is 2. The normalized spacial score (nSPS) is 17.4. The topological polar surface area (TPSA) is 18.5 Å². The predicted molar refractivity (Wildman–Crippen MR) is 77.1 cm³/mol. The molecule has 118 valence electrons. The van der Waals surface area contributed by atoms with Crippen molar-refractivity contribution in [1.29, 1.82) is 0 Å². The maximum Gasteiger partial charge on any atom is 0.416 e. The van der Waals surface area contributed by atoms with E-state index < -0.39 is 11.7 Å². The molecule has 1 heterocycles. The number of alkyl halides is 3. The summed E-state index contributed by atoms with van der Waals surface area (Å²) in [6.07, 6.45) is -4.26. The Balaban J connectivity index is 1.78. The van der Waals surface area contributed by atoms with Crippen LogP contribution >= 0.6 is 0 Å². The Morgan fingerprint density at radius 1 is 1.14 bits per heavy atom. The minimum Gasteiger partial charge on any atom is -0.314 e. The minimum atomic E-state index is -4.26. The van der Waals surface area contributed by atoms with Gasteiger partial charge in [0.05, 0.1) is 5.56 Å². The van der Waals surface area contributed by atoms with Gasteiger partial charge in [-0.2, -0.15) is 13.2 Å². The van der Waals surface area contributed by atoms with Crippen LogP contribution in [0.15, 0.2) is 24.3 Å². The molecule has 0 spiro atoms. The van der Waals surface area contributed by atoms with Crippen LogP contribution in [0.2, 0.25) is 0 Å². The number of hydrogen-bond donors (Lipinski definition) is 1. The number of halogens is 3. The first kappa shape index (κ1) is 16.3. The van der Waals surface area contributed by atoms with E-state index in [2.05, 4.69) is 15.1 Å². The van der Waals surface area contributed by atoms with Gasteiger partial charge in [0.25, 0.3) is 0 Å². The Morgan fingerprint density at radius 3 is 2.33 bits per heavy atom. The largest absolute Gasteiger partial charge is 0.416 e. The zero-order valence-corrected chi connectivity index (χ0v) is 12.3. The molecule has 3 nitrogen and oxygen atoms in total. The second kappa shape index (κ2) is 7.24. The summed E-state index contributed by atoms with van der Waals surface area (Å²) < 4.78 is 37.5. The van der Waals surface area contributed by atoms with Crippen molar-refractivity contribution in [1.82, 2.24) is 15.1 Å². The maximum atomic E-state index is 12.5. The van der Waals surface area contributed by atoms with Crippen molar-refractivity contribution < 1.29 is 13.2 Å². The Hall–Kier alpha value is -1.11. The van der Waals surface area contributed by atoms with Crippen LogP contribution in [-0.2, 0) is 12.7 Å². The van der Waals surface area contributed by atoms with Crippen LogP contribution in [-0.4, -0.2) is 56.1 Å². The zero-order chi connectivity index (χ0) is 15.3. The molecule has 0 unspecified atom stereocenters. The Bertz CT molecular complexity index is 425. The van der Waals surface area contributed by atoms with E-state index in [1.807, 2.05) is 7.05 Å². The van der Waals surface area contributed by atoms with E-state index in [1.165, 1.54) is 0 Å². The lowest BCUT2D eigenvalue weighted by molar-refractivity contribution is -0.137. The molecule has 0 aliphatic carbocycles. The summed E-state index contributed by atoms with van der Waals surface area (Å²) in [7, 11) is 2.00. The van der Waals surface area contributed by atoms with Crippen LogP contribution in [0.5, 0.6) is 0 Å². The summed E-state index contributed by atoms with van der Waals surface area (Å²) in [4.78, 5) is 4.55. The molecule has 1 aliphatic rings. The first-order valence-corrected chi connectivity index (χ1v) is 7.23. The molecule has 1 fully saturated rings. The van der Waals surface area contributed by atoms with Crippen LogP contribution in [0.3, 0.4) is 0 Å². The average Bonchev–Trinajstić information content (AvgIpc) is 2.46. The molecule has 0 atom stereocenters. The highest BCUT2D eigenvalue weighted by molar-refractivity contribution is 5.24. The quantitative estimate of drug-likeness (QED) is 0.898. The molecular weight excluding hydrogens is 279 g/mol. The van der Waals surface area contributed by atoms with Crippen molar-refractivity contribution >= 4 is 0 Å². The number of nitrogens with one attached hydrogen (secondary N) is 1. The summed E-state index contributed by atoms with van der Waals surface area (Å²) in [5.74, 6) is 0. The van der Waals surface area contributed by atoms with Crippen LogP contribution in [0.25, 0.3) is 0 Å². The third-order valence-corrected chi connectivity index (χ3v) is 3.74. The molecule has 21 heavy (non-hydrogen) atoms. The van der Waals surface area contributed by atoms with Crippen molar-refractivity contribution in [2.24, 2.45) is 0 Å². The SMILES string of the molecule is CN(CCN1CCNCC1)Cc1ccc(C(F)(F)F)cc1. The van der Waals surface area contributed by atoms with Crippen LogP contribution in [0, 0.1) is 0 Å². The molecule has 0 amide bonds. The average molecular weight is 301 g/mol. The fourth-order valence-electron chi connectivity index (χ4n) is 2.44.